The summed E-state index contributed by atoms with van der Waals surface area (Å²) in [6, 6.07) is 12.3. The number of benzene rings is 2. The molecule has 0 spiro atoms. The molecule has 5 heteroatoms. The molecule has 0 atom stereocenters. The Bertz CT molecular complexity index is 767. The van der Waals surface area contributed by atoms with Gasteiger partial charge in [-0.2, -0.15) is 0 Å². The number of nitrogens with zero attached hydrogens (tertiary/aromatic N) is 2. The summed E-state index contributed by atoms with van der Waals surface area (Å²) in [5.41, 5.74) is 8.38. The lowest BCUT2D eigenvalue weighted by atomic mass is 10.1. The SMILES string of the molecule is Nc1ccc(F)c(-n2cncc2-c2cccc(Br)c2)c1. The van der Waals surface area contributed by atoms with Gasteiger partial charge < -0.3 is 5.73 Å². The van der Waals surface area contributed by atoms with Crippen molar-refractivity contribution in [2.24, 2.45) is 0 Å². The predicted octanol–water partition coefficient (Wildman–Crippen LogP) is 4.02. The summed E-state index contributed by atoms with van der Waals surface area (Å²) >= 11 is 3.43. The van der Waals surface area contributed by atoms with E-state index in [2.05, 4.69) is 20.9 Å². The molecule has 0 aliphatic heterocycles. The zero-order valence-electron chi connectivity index (χ0n) is 10.4. The van der Waals surface area contributed by atoms with Crippen molar-refractivity contribution < 1.29 is 4.39 Å². The molecule has 2 aromatic carbocycles. The molecule has 3 aromatic rings. The van der Waals surface area contributed by atoms with E-state index < -0.39 is 0 Å². The van der Waals surface area contributed by atoms with Gasteiger partial charge in [-0.3, -0.25) is 4.57 Å². The van der Waals surface area contributed by atoms with Crippen molar-refractivity contribution in [3.05, 3.63) is 65.3 Å². The fraction of sp³-hybridized carbons (Fsp3) is 0. The van der Waals surface area contributed by atoms with E-state index in [4.69, 9.17) is 5.73 Å². The number of rotatable bonds is 2. The largest absolute Gasteiger partial charge is 0.399 e. The summed E-state index contributed by atoms with van der Waals surface area (Å²) in [6.07, 6.45) is 3.28. The third-order valence-electron chi connectivity index (χ3n) is 2.99. The van der Waals surface area contributed by atoms with Gasteiger partial charge in [0, 0.05) is 15.7 Å². The second-order valence-electron chi connectivity index (χ2n) is 4.37. The Morgan fingerprint density at radius 2 is 2.00 bits per heavy atom. The lowest BCUT2D eigenvalue weighted by Gasteiger charge is -2.10. The standard InChI is InChI=1S/C15H11BrFN3/c16-11-3-1-2-10(6-11)15-8-19-9-20(15)14-7-12(18)4-5-13(14)17/h1-9H,18H2. The van der Waals surface area contributed by atoms with Crippen LogP contribution >= 0.6 is 15.9 Å². The first kappa shape index (κ1) is 12.9. The summed E-state index contributed by atoms with van der Waals surface area (Å²) in [4.78, 5) is 4.12. The first-order chi connectivity index (χ1) is 9.65. The van der Waals surface area contributed by atoms with E-state index in [0.717, 1.165) is 15.7 Å². The quantitative estimate of drug-likeness (QED) is 0.720. The van der Waals surface area contributed by atoms with Crippen LogP contribution in [-0.4, -0.2) is 9.55 Å². The maximum absolute atomic E-state index is 14.0. The number of anilines is 1. The van der Waals surface area contributed by atoms with Crippen molar-refractivity contribution in [1.82, 2.24) is 9.55 Å². The molecule has 0 fully saturated rings. The monoisotopic (exact) mass is 331 g/mol. The van der Waals surface area contributed by atoms with Gasteiger partial charge in [-0.05, 0) is 30.3 Å². The zero-order valence-corrected chi connectivity index (χ0v) is 12.0. The summed E-state index contributed by atoms with van der Waals surface area (Å²) in [6.45, 7) is 0. The molecule has 2 N–H and O–H groups in total. The minimum Gasteiger partial charge on any atom is -0.399 e. The van der Waals surface area contributed by atoms with Crippen LogP contribution in [-0.2, 0) is 0 Å². The summed E-state index contributed by atoms with van der Waals surface area (Å²) in [5, 5.41) is 0. The molecular formula is C15H11BrFN3. The topological polar surface area (TPSA) is 43.8 Å². The van der Waals surface area contributed by atoms with Gasteiger partial charge in [0.25, 0.3) is 0 Å². The Kier molecular flexibility index (Phi) is 3.28. The minimum atomic E-state index is -0.339. The number of imidazole rings is 1. The molecule has 0 aliphatic carbocycles. The summed E-state index contributed by atoms with van der Waals surface area (Å²) < 4.78 is 16.6. The van der Waals surface area contributed by atoms with E-state index in [-0.39, 0.29) is 5.82 Å². The third kappa shape index (κ3) is 2.32. The van der Waals surface area contributed by atoms with E-state index in [0.29, 0.717) is 11.4 Å². The van der Waals surface area contributed by atoms with Gasteiger partial charge in [-0.25, -0.2) is 9.37 Å². The van der Waals surface area contributed by atoms with Crippen molar-refractivity contribution >= 4 is 21.6 Å². The minimum absolute atomic E-state index is 0.339. The number of hydrogen-bond donors (Lipinski definition) is 1. The molecule has 3 rings (SSSR count). The molecule has 0 radical (unpaired) electrons. The highest BCUT2D eigenvalue weighted by molar-refractivity contribution is 9.10. The van der Waals surface area contributed by atoms with E-state index in [1.165, 1.54) is 12.1 Å². The van der Waals surface area contributed by atoms with Crippen LogP contribution in [0.3, 0.4) is 0 Å². The van der Waals surface area contributed by atoms with Crippen molar-refractivity contribution in [2.75, 3.05) is 5.73 Å². The fourth-order valence-electron chi connectivity index (χ4n) is 2.06. The van der Waals surface area contributed by atoms with E-state index in [1.54, 1.807) is 23.2 Å². The third-order valence-corrected chi connectivity index (χ3v) is 3.48. The molecule has 100 valence electrons. The molecule has 0 saturated heterocycles. The van der Waals surface area contributed by atoms with Gasteiger partial charge in [-0.15, -0.1) is 0 Å². The van der Waals surface area contributed by atoms with Crippen molar-refractivity contribution in [3.8, 4) is 16.9 Å². The van der Waals surface area contributed by atoms with E-state index in [1.807, 2.05) is 24.3 Å². The average Bonchev–Trinajstić information content (AvgIpc) is 2.90. The number of nitrogens with two attached hydrogens (primary N) is 1. The highest BCUT2D eigenvalue weighted by Crippen LogP contribution is 2.27. The average molecular weight is 332 g/mol. The maximum Gasteiger partial charge on any atom is 0.147 e. The van der Waals surface area contributed by atoms with Crippen LogP contribution in [0.15, 0.2) is 59.5 Å². The van der Waals surface area contributed by atoms with Crippen molar-refractivity contribution in [2.45, 2.75) is 0 Å². The van der Waals surface area contributed by atoms with Gasteiger partial charge in [0.05, 0.1) is 23.9 Å². The number of nitrogen functional groups attached to an aromatic ring is 1. The first-order valence-corrected chi connectivity index (χ1v) is 6.78. The molecule has 1 heterocycles. The molecule has 1 aromatic heterocycles. The fourth-order valence-corrected chi connectivity index (χ4v) is 2.46. The molecule has 0 bridgehead atoms. The summed E-state index contributed by atoms with van der Waals surface area (Å²) in [5.74, 6) is -0.339. The second kappa shape index (κ2) is 5.09. The number of aromatic nitrogens is 2. The maximum atomic E-state index is 14.0. The molecular weight excluding hydrogens is 321 g/mol. The van der Waals surface area contributed by atoms with Crippen LogP contribution < -0.4 is 5.73 Å². The second-order valence-corrected chi connectivity index (χ2v) is 5.29. The molecule has 20 heavy (non-hydrogen) atoms. The van der Waals surface area contributed by atoms with Crippen LogP contribution in [0.1, 0.15) is 0 Å². The lowest BCUT2D eigenvalue weighted by Crippen LogP contribution is -2.00. The van der Waals surface area contributed by atoms with Gasteiger partial charge in [0.15, 0.2) is 0 Å². The van der Waals surface area contributed by atoms with Gasteiger partial charge >= 0.3 is 0 Å². The smallest absolute Gasteiger partial charge is 0.147 e. The van der Waals surface area contributed by atoms with Crippen molar-refractivity contribution in [1.29, 1.82) is 0 Å². The van der Waals surface area contributed by atoms with Crippen LogP contribution in [0.4, 0.5) is 10.1 Å². The Balaban J connectivity index is 2.18. The molecule has 0 saturated carbocycles. The molecule has 0 unspecified atom stereocenters. The van der Waals surface area contributed by atoms with Gasteiger partial charge in [-0.1, -0.05) is 28.1 Å². The predicted molar refractivity (Wildman–Crippen MR) is 81.1 cm³/mol. The zero-order chi connectivity index (χ0) is 14.1. The normalized spacial score (nSPS) is 10.7. The Hall–Kier alpha value is -2.14. The van der Waals surface area contributed by atoms with Crippen LogP contribution in [0.25, 0.3) is 16.9 Å². The van der Waals surface area contributed by atoms with Crippen LogP contribution in [0.5, 0.6) is 0 Å². The van der Waals surface area contributed by atoms with E-state index >= 15 is 0 Å². The Morgan fingerprint density at radius 1 is 1.15 bits per heavy atom. The summed E-state index contributed by atoms with van der Waals surface area (Å²) in [7, 11) is 0. The molecule has 0 aliphatic rings. The van der Waals surface area contributed by atoms with Crippen LogP contribution in [0.2, 0.25) is 0 Å². The number of hydrogen-bond acceptors (Lipinski definition) is 2. The lowest BCUT2D eigenvalue weighted by molar-refractivity contribution is 0.619. The van der Waals surface area contributed by atoms with Crippen LogP contribution in [0, 0.1) is 5.82 Å². The Labute approximate surface area is 124 Å². The Morgan fingerprint density at radius 3 is 2.80 bits per heavy atom. The first-order valence-electron chi connectivity index (χ1n) is 5.99. The van der Waals surface area contributed by atoms with Crippen molar-refractivity contribution in [3.63, 3.8) is 0 Å². The highest BCUT2D eigenvalue weighted by atomic mass is 79.9. The molecule has 0 amide bonds. The molecule has 3 nitrogen and oxygen atoms in total. The number of halogens is 2. The van der Waals surface area contributed by atoms with Gasteiger partial charge in [0.1, 0.15) is 5.82 Å². The highest BCUT2D eigenvalue weighted by Gasteiger charge is 2.11. The van der Waals surface area contributed by atoms with Gasteiger partial charge in [0.2, 0.25) is 0 Å². The van der Waals surface area contributed by atoms with E-state index in [9.17, 15) is 4.39 Å².